The predicted molar refractivity (Wildman–Crippen MR) is 69.8 cm³/mol. The van der Waals surface area contributed by atoms with Crippen LogP contribution in [0.25, 0.3) is 0 Å². The average Bonchev–Trinajstić information content (AvgIpc) is 2.41. The van der Waals surface area contributed by atoms with Crippen LogP contribution in [0, 0.1) is 5.95 Å². The van der Waals surface area contributed by atoms with Crippen molar-refractivity contribution in [2.75, 3.05) is 11.9 Å². The van der Waals surface area contributed by atoms with E-state index in [1.54, 1.807) is 18.2 Å². The minimum absolute atomic E-state index is 0.207. The Kier molecular flexibility index (Phi) is 4.07. The molecular weight excluding hydrogens is 247 g/mol. The zero-order chi connectivity index (χ0) is 13.7. The molecule has 1 aromatic heterocycles. The highest BCUT2D eigenvalue weighted by Gasteiger charge is 2.10. The van der Waals surface area contributed by atoms with Gasteiger partial charge < -0.3 is 10.1 Å². The van der Waals surface area contributed by atoms with Crippen molar-refractivity contribution in [3.63, 3.8) is 0 Å². The molecule has 0 radical (unpaired) electrons. The molecule has 0 aliphatic carbocycles. The predicted octanol–water partition coefficient (Wildman–Crippen LogP) is 2.87. The molecule has 0 atom stereocenters. The Morgan fingerprint density at radius 3 is 2.89 bits per heavy atom. The number of ether oxygens (including phenoxy) is 1. The fourth-order valence-electron chi connectivity index (χ4n) is 1.59. The highest BCUT2D eigenvalue weighted by Crippen LogP contribution is 2.24. The summed E-state index contributed by atoms with van der Waals surface area (Å²) in [7, 11) is 0. The Morgan fingerprint density at radius 2 is 2.16 bits per heavy atom. The number of carbonyl (C=O) groups is 1. The number of pyridine rings is 1. The first-order chi connectivity index (χ1) is 9.20. The van der Waals surface area contributed by atoms with E-state index in [1.807, 2.05) is 13.0 Å². The molecule has 0 bridgehead atoms. The summed E-state index contributed by atoms with van der Waals surface area (Å²) in [4.78, 5) is 15.4. The van der Waals surface area contributed by atoms with Gasteiger partial charge in [-0.25, -0.2) is 4.98 Å². The Morgan fingerprint density at radius 1 is 1.37 bits per heavy atom. The van der Waals surface area contributed by atoms with Gasteiger partial charge in [-0.05, 0) is 25.1 Å². The van der Waals surface area contributed by atoms with E-state index in [4.69, 9.17) is 4.74 Å². The molecule has 5 heteroatoms. The highest BCUT2D eigenvalue weighted by molar-refractivity contribution is 6.04. The number of hydrogen-bond donors (Lipinski definition) is 1. The van der Waals surface area contributed by atoms with Gasteiger partial charge in [-0.1, -0.05) is 12.1 Å². The maximum atomic E-state index is 13.0. The Labute approximate surface area is 110 Å². The van der Waals surface area contributed by atoms with E-state index in [-0.39, 0.29) is 5.56 Å². The number of halogens is 1. The van der Waals surface area contributed by atoms with Gasteiger partial charge in [-0.15, -0.1) is 0 Å². The first-order valence-corrected chi connectivity index (χ1v) is 5.85. The zero-order valence-electron chi connectivity index (χ0n) is 10.4. The molecule has 1 amide bonds. The number of benzene rings is 1. The van der Waals surface area contributed by atoms with E-state index >= 15 is 0 Å². The van der Waals surface area contributed by atoms with Crippen molar-refractivity contribution >= 4 is 11.6 Å². The average molecular weight is 260 g/mol. The van der Waals surface area contributed by atoms with Crippen molar-refractivity contribution in [1.29, 1.82) is 0 Å². The number of amides is 1. The van der Waals surface area contributed by atoms with Crippen molar-refractivity contribution < 1.29 is 13.9 Å². The normalized spacial score (nSPS) is 10.0. The summed E-state index contributed by atoms with van der Waals surface area (Å²) in [6.07, 6.45) is 1.25. The summed E-state index contributed by atoms with van der Waals surface area (Å²) in [5.74, 6) is -0.521. The number of aromatic nitrogens is 1. The summed E-state index contributed by atoms with van der Waals surface area (Å²) in [5.41, 5.74) is 0.755. The molecule has 19 heavy (non-hydrogen) atoms. The van der Waals surface area contributed by atoms with E-state index < -0.39 is 11.9 Å². The second-order valence-corrected chi connectivity index (χ2v) is 3.75. The molecule has 1 aromatic carbocycles. The second-order valence-electron chi connectivity index (χ2n) is 3.75. The van der Waals surface area contributed by atoms with Crippen molar-refractivity contribution in [2.45, 2.75) is 6.92 Å². The number of anilines is 1. The van der Waals surface area contributed by atoms with Crippen molar-refractivity contribution in [3.8, 4) is 5.75 Å². The lowest BCUT2D eigenvalue weighted by Crippen LogP contribution is -2.13. The standard InChI is InChI=1S/C14H13FN2O2/c1-2-19-12-6-4-3-5-11(12)17-14(18)10-7-8-16-13(15)9-10/h3-9H,2H2,1H3,(H,17,18). The fraction of sp³-hybridized carbons (Fsp3) is 0.143. The van der Waals surface area contributed by atoms with Gasteiger partial charge in [0.2, 0.25) is 5.95 Å². The van der Waals surface area contributed by atoms with Crippen LogP contribution in [0.1, 0.15) is 17.3 Å². The number of nitrogens with zero attached hydrogens (tertiary/aromatic N) is 1. The maximum absolute atomic E-state index is 13.0. The third-order valence-electron chi connectivity index (χ3n) is 2.42. The van der Waals surface area contributed by atoms with Crippen LogP contribution in [0.5, 0.6) is 5.75 Å². The first kappa shape index (κ1) is 13.0. The van der Waals surface area contributed by atoms with Gasteiger partial charge in [0.05, 0.1) is 12.3 Å². The van der Waals surface area contributed by atoms with Crippen molar-refractivity contribution in [3.05, 3.63) is 54.1 Å². The summed E-state index contributed by atoms with van der Waals surface area (Å²) in [6, 6.07) is 9.60. The van der Waals surface area contributed by atoms with Crippen LogP contribution in [0.4, 0.5) is 10.1 Å². The lowest BCUT2D eigenvalue weighted by molar-refractivity contribution is 0.102. The second kappa shape index (κ2) is 5.95. The molecule has 1 heterocycles. The number of nitrogens with one attached hydrogen (secondary N) is 1. The minimum Gasteiger partial charge on any atom is -0.492 e. The van der Waals surface area contributed by atoms with E-state index in [0.29, 0.717) is 18.0 Å². The topological polar surface area (TPSA) is 51.2 Å². The largest absolute Gasteiger partial charge is 0.492 e. The number of carbonyl (C=O) groups excluding carboxylic acids is 1. The van der Waals surface area contributed by atoms with Crippen LogP contribution < -0.4 is 10.1 Å². The van der Waals surface area contributed by atoms with E-state index in [9.17, 15) is 9.18 Å². The van der Waals surface area contributed by atoms with Gasteiger partial charge in [0.1, 0.15) is 5.75 Å². The monoisotopic (exact) mass is 260 g/mol. The highest BCUT2D eigenvalue weighted by atomic mass is 19.1. The van der Waals surface area contributed by atoms with Gasteiger partial charge >= 0.3 is 0 Å². The van der Waals surface area contributed by atoms with Crippen molar-refractivity contribution in [1.82, 2.24) is 4.98 Å². The molecule has 1 N–H and O–H groups in total. The molecule has 2 rings (SSSR count). The van der Waals surface area contributed by atoms with Crippen LogP contribution in [-0.4, -0.2) is 17.5 Å². The molecule has 4 nitrogen and oxygen atoms in total. The van der Waals surface area contributed by atoms with E-state index in [1.165, 1.54) is 12.3 Å². The summed E-state index contributed by atoms with van der Waals surface area (Å²) in [5, 5.41) is 2.68. The van der Waals surface area contributed by atoms with Crippen molar-refractivity contribution in [2.24, 2.45) is 0 Å². The smallest absolute Gasteiger partial charge is 0.255 e. The molecule has 0 unspecified atom stereocenters. The van der Waals surface area contributed by atoms with Gasteiger partial charge in [-0.3, -0.25) is 4.79 Å². The summed E-state index contributed by atoms with van der Waals surface area (Å²) < 4.78 is 18.3. The van der Waals surface area contributed by atoms with Crippen LogP contribution in [0.3, 0.4) is 0 Å². The number of rotatable bonds is 4. The minimum atomic E-state index is -0.689. The Hall–Kier alpha value is -2.43. The van der Waals surface area contributed by atoms with E-state index in [0.717, 1.165) is 6.07 Å². The quantitative estimate of drug-likeness (QED) is 0.860. The molecular formula is C14H13FN2O2. The van der Waals surface area contributed by atoms with Gasteiger partial charge in [-0.2, -0.15) is 4.39 Å². The zero-order valence-corrected chi connectivity index (χ0v) is 10.4. The molecule has 0 saturated heterocycles. The molecule has 2 aromatic rings. The maximum Gasteiger partial charge on any atom is 0.255 e. The lowest BCUT2D eigenvalue weighted by atomic mass is 10.2. The fourth-order valence-corrected chi connectivity index (χ4v) is 1.59. The molecule has 0 saturated carbocycles. The number of hydrogen-bond acceptors (Lipinski definition) is 3. The molecule has 0 aliphatic heterocycles. The van der Waals surface area contributed by atoms with Gasteiger partial charge in [0.15, 0.2) is 0 Å². The van der Waals surface area contributed by atoms with E-state index in [2.05, 4.69) is 10.3 Å². The third-order valence-corrected chi connectivity index (χ3v) is 2.42. The first-order valence-electron chi connectivity index (χ1n) is 5.85. The van der Waals surface area contributed by atoms with Crippen LogP contribution in [0.2, 0.25) is 0 Å². The Balaban J connectivity index is 2.19. The van der Waals surface area contributed by atoms with Gasteiger partial charge in [0, 0.05) is 17.8 Å². The SMILES string of the molecule is CCOc1ccccc1NC(=O)c1ccnc(F)c1. The van der Waals surface area contributed by atoms with Crippen LogP contribution in [0.15, 0.2) is 42.6 Å². The molecule has 98 valence electrons. The molecule has 0 fully saturated rings. The third kappa shape index (κ3) is 3.28. The summed E-state index contributed by atoms with van der Waals surface area (Å²) in [6.45, 7) is 2.35. The summed E-state index contributed by atoms with van der Waals surface area (Å²) >= 11 is 0. The van der Waals surface area contributed by atoms with Crippen LogP contribution in [-0.2, 0) is 0 Å². The molecule has 0 spiro atoms. The van der Waals surface area contributed by atoms with Crippen LogP contribution >= 0.6 is 0 Å². The number of para-hydroxylation sites is 2. The lowest BCUT2D eigenvalue weighted by Gasteiger charge is -2.11. The van der Waals surface area contributed by atoms with Gasteiger partial charge in [0.25, 0.3) is 5.91 Å². The Bertz CT molecular complexity index is 587. The molecule has 0 aliphatic rings.